The molecule has 0 saturated carbocycles. The number of amides is 2. The van der Waals surface area contributed by atoms with E-state index in [1.807, 2.05) is 48.5 Å². The summed E-state index contributed by atoms with van der Waals surface area (Å²) in [6.07, 6.45) is -0.763. The summed E-state index contributed by atoms with van der Waals surface area (Å²) in [4.78, 5) is 26.6. The van der Waals surface area contributed by atoms with E-state index >= 15 is 0 Å². The maximum absolute atomic E-state index is 12.9. The van der Waals surface area contributed by atoms with Crippen molar-refractivity contribution in [2.24, 2.45) is 0 Å². The molecule has 4 rings (SSSR count). The van der Waals surface area contributed by atoms with Crippen LogP contribution in [0, 0.1) is 0 Å². The number of carbonyl (C=O) groups is 2. The summed E-state index contributed by atoms with van der Waals surface area (Å²) in [5.41, 5.74) is 0.633. The molecule has 0 aliphatic carbocycles. The molecule has 0 aromatic heterocycles. The highest BCUT2D eigenvalue weighted by Gasteiger charge is 2.33. The van der Waals surface area contributed by atoms with Crippen LogP contribution in [0.25, 0.3) is 10.8 Å². The fourth-order valence-electron chi connectivity index (χ4n) is 3.31. The molecule has 0 bridgehead atoms. The smallest absolute Gasteiger partial charge is 0.265 e. The molecule has 2 amide bonds. The van der Waals surface area contributed by atoms with E-state index < -0.39 is 6.10 Å². The lowest BCUT2D eigenvalue weighted by atomic mass is 10.1. The highest BCUT2D eigenvalue weighted by atomic mass is 16.5. The van der Waals surface area contributed by atoms with Gasteiger partial charge in [-0.15, -0.1) is 0 Å². The number of benzene rings is 3. The predicted octanol–water partition coefficient (Wildman–Crippen LogP) is 2.76. The van der Waals surface area contributed by atoms with Gasteiger partial charge in [0.15, 0.2) is 12.7 Å². The number of nitrogens with zero attached hydrogens (tertiary/aromatic N) is 1. The van der Waals surface area contributed by atoms with Gasteiger partial charge in [0.25, 0.3) is 11.8 Å². The number of nitrogens with one attached hydrogen (secondary N) is 1. The Kier molecular flexibility index (Phi) is 4.85. The molecule has 0 unspecified atom stereocenters. The third-order valence-corrected chi connectivity index (χ3v) is 4.71. The maximum atomic E-state index is 12.9. The van der Waals surface area contributed by atoms with Crippen LogP contribution in [-0.4, -0.2) is 38.1 Å². The van der Waals surface area contributed by atoms with E-state index in [1.165, 1.54) is 0 Å². The summed E-state index contributed by atoms with van der Waals surface area (Å²) in [5.74, 6) is 0.636. The molecule has 1 atom stereocenters. The number of hydrogen-bond acceptors (Lipinski definition) is 4. The number of ether oxygens (including phenoxy) is 2. The zero-order chi connectivity index (χ0) is 19.5. The lowest BCUT2D eigenvalue weighted by Crippen LogP contribution is -2.51. The van der Waals surface area contributed by atoms with E-state index in [-0.39, 0.29) is 25.0 Å². The highest BCUT2D eigenvalue weighted by molar-refractivity contribution is 5.98. The SMILES string of the molecule is CNC(=O)[C@H]1CN(C(=O)COc2cccc3ccccc23)c2ccccc2O1. The summed E-state index contributed by atoms with van der Waals surface area (Å²) in [7, 11) is 1.54. The second-order valence-electron chi connectivity index (χ2n) is 6.46. The minimum absolute atomic E-state index is 0.133. The summed E-state index contributed by atoms with van der Waals surface area (Å²) in [6.45, 7) is -0.00275. The van der Waals surface area contributed by atoms with Crippen molar-refractivity contribution in [3.63, 3.8) is 0 Å². The fraction of sp³-hybridized carbons (Fsp3) is 0.182. The molecule has 1 aliphatic rings. The van der Waals surface area contributed by atoms with Crippen LogP contribution >= 0.6 is 0 Å². The Labute approximate surface area is 162 Å². The standard InChI is InChI=1S/C22H20N2O4/c1-23-22(26)20-13-24(17-10-4-5-11-19(17)28-20)21(25)14-27-18-12-6-8-15-7-2-3-9-16(15)18/h2-12,20H,13-14H2,1H3,(H,23,26)/t20-/m1/s1. The molecule has 0 saturated heterocycles. The first kappa shape index (κ1) is 17.9. The third kappa shape index (κ3) is 3.36. The molecule has 142 valence electrons. The Bertz CT molecular complexity index is 1030. The van der Waals surface area contributed by atoms with E-state index in [2.05, 4.69) is 5.32 Å². The molecule has 1 N–H and O–H groups in total. The summed E-state index contributed by atoms with van der Waals surface area (Å²) in [5, 5.41) is 4.56. The van der Waals surface area contributed by atoms with E-state index in [0.29, 0.717) is 17.2 Å². The van der Waals surface area contributed by atoms with Crippen molar-refractivity contribution in [3.8, 4) is 11.5 Å². The van der Waals surface area contributed by atoms with Crippen molar-refractivity contribution >= 4 is 28.3 Å². The minimum atomic E-state index is -0.763. The van der Waals surface area contributed by atoms with Gasteiger partial charge in [-0.1, -0.05) is 48.5 Å². The molecule has 28 heavy (non-hydrogen) atoms. The molecule has 6 nitrogen and oxygen atoms in total. The van der Waals surface area contributed by atoms with Crippen LogP contribution in [0.5, 0.6) is 11.5 Å². The second kappa shape index (κ2) is 7.60. The number of likely N-dealkylation sites (N-methyl/N-ethyl adjacent to an activating group) is 1. The van der Waals surface area contributed by atoms with E-state index in [1.54, 1.807) is 30.1 Å². The predicted molar refractivity (Wildman–Crippen MR) is 107 cm³/mol. The molecule has 0 fully saturated rings. The molecular formula is C22H20N2O4. The Morgan fingerprint density at radius 3 is 2.68 bits per heavy atom. The first-order chi connectivity index (χ1) is 13.7. The first-order valence-electron chi connectivity index (χ1n) is 9.05. The van der Waals surface area contributed by atoms with Crippen molar-refractivity contribution in [1.29, 1.82) is 0 Å². The summed E-state index contributed by atoms with van der Waals surface area (Å²) >= 11 is 0. The lowest BCUT2D eigenvalue weighted by Gasteiger charge is -2.33. The molecule has 0 spiro atoms. The van der Waals surface area contributed by atoms with Gasteiger partial charge in [-0.3, -0.25) is 9.59 Å². The number of carbonyl (C=O) groups excluding carboxylic acids is 2. The average Bonchev–Trinajstić information content (AvgIpc) is 2.76. The Morgan fingerprint density at radius 2 is 1.82 bits per heavy atom. The van der Waals surface area contributed by atoms with Gasteiger partial charge in [-0.25, -0.2) is 0 Å². The largest absolute Gasteiger partial charge is 0.483 e. The molecule has 1 aliphatic heterocycles. The number of para-hydroxylation sites is 2. The normalized spacial score (nSPS) is 15.5. The van der Waals surface area contributed by atoms with Crippen molar-refractivity contribution in [2.75, 3.05) is 25.1 Å². The summed E-state index contributed by atoms with van der Waals surface area (Å²) < 4.78 is 11.6. The lowest BCUT2D eigenvalue weighted by molar-refractivity contribution is -0.128. The van der Waals surface area contributed by atoms with Gasteiger partial charge in [0, 0.05) is 12.4 Å². The van der Waals surface area contributed by atoms with Crippen molar-refractivity contribution in [1.82, 2.24) is 5.32 Å². The van der Waals surface area contributed by atoms with Gasteiger partial charge in [0.05, 0.1) is 12.2 Å². The monoisotopic (exact) mass is 376 g/mol. The minimum Gasteiger partial charge on any atom is -0.483 e. The van der Waals surface area contributed by atoms with Crippen LogP contribution in [0.15, 0.2) is 66.7 Å². The van der Waals surface area contributed by atoms with Gasteiger partial charge in [-0.2, -0.15) is 0 Å². The van der Waals surface area contributed by atoms with Crippen molar-refractivity contribution < 1.29 is 19.1 Å². The molecular weight excluding hydrogens is 356 g/mol. The Morgan fingerprint density at radius 1 is 1.07 bits per heavy atom. The van der Waals surface area contributed by atoms with Crippen molar-refractivity contribution in [2.45, 2.75) is 6.10 Å². The molecule has 1 heterocycles. The van der Waals surface area contributed by atoms with E-state index in [4.69, 9.17) is 9.47 Å². The Hall–Kier alpha value is -3.54. The number of anilines is 1. The zero-order valence-electron chi connectivity index (χ0n) is 15.4. The van der Waals surface area contributed by atoms with Gasteiger partial charge in [0.1, 0.15) is 11.5 Å². The van der Waals surface area contributed by atoms with E-state index in [0.717, 1.165) is 10.8 Å². The van der Waals surface area contributed by atoms with Crippen molar-refractivity contribution in [3.05, 3.63) is 66.7 Å². The Balaban J connectivity index is 1.56. The second-order valence-corrected chi connectivity index (χ2v) is 6.46. The molecule has 6 heteroatoms. The van der Waals surface area contributed by atoms with Gasteiger partial charge in [-0.05, 0) is 23.6 Å². The third-order valence-electron chi connectivity index (χ3n) is 4.71. The zero-order valence-corrected chi connectivity index (χ0v) is 15.4. The molecule has 3 aromatic carbocycles. The van der Waals surface area contributed by atoms with Gasteiger partial charge in [0.2, 0.25) is 0 Å². The van der Waals surface area contributed by atoms with Crippen LogP contribution in [0.1, 0.15) is 0 Å². The first-order valence-corrected chi connectivity index (χ1v) is 9.05. The average molecular weight is 376 g/mol. The van der Waals surface area contributed by atoms with Gasteiger partial charge < -0.3 is 19.7 Å². The topological polar surface area (TPSA) is 67.9 Å². The quantitative estimate of drug-likeness (QED) is 0.760. The number of hydrogen-bond donors (Lipinski definition) is 1. The highest BCUT2D eigenvalue weighted by Crippen LogP contribution is 2.33. The van der Waals surface area contributed by atoms with Crippen LogP contribution in [0.2, 0.25) is 0 Å². The van der Waals surface area contributed by atoms with Crippen LogP contribution in [0.3, 0.4) is 0 Å². The molecule has 3 aromatic rings. The number of fused-ring (bicyclic) bond motifs is 2. The van der Waals surface area contributed by atoms with Crippen LogP contribution in [-0.2, 0) is 9.59 Å². The van der Waals surface area contributed by atoms with Crippen LogP contribution < -0.4 is 19.7 Å². The summed E-state index contributed by atoms with van der Waals surface area (Å²) in [6, 6.07) is 20.8. The van der Waals surface area contributed by atoms with Crippen LogP contribution in [0.4, 0.5) is 5.69 Å². The number of rotatable bonds is 4. The van der Waals surface area contributed by atoms with E-state index in [9.17, 15) is 9.59 Å². The fourth-order valence-corrected chi connectivity index (χ4v) is 3.31. The molecule has 0 radical (unpaired) electrons. The van der Waals surface area contributed by atoms with Gasteiger partial charge >= 0.3 is 0 Å². The maximum Gasteiger partial charge on any atom is 0.265 e.